The normalized spacial score (nSPS) is 14.4. The van der Waals surface area contributed by atoms with E-state index in [1.165, 1.54) is 11.8 Å². The lowest BCUT2D eigenvalue weighted by molar-refractivity contribution is -0.142. The molecule has 0 fully saturated rings. The number of aliphatic hydroxyl groups is 1. The van der Waals surface area contributed by atoms with Gasteiger partial charge in [0.2, 0.25) is 17.7 Å². The first-order valence-electron chi connectivity index (χ1n) is 11.0. The minimum Gasteiger partial charge on any atom is -0.480 e. The zero-order valence-corrected chi connectivity index (χ0v) is 20.8. The quantitative estimate of drug-likeness (QED) is 0.0597. The van der Waals surface area contributed by atoms with E-state index >= 15 is 0 Å². The number of aliphatic hydroxyl groups excluding tert-OH is 1. The first kappa shape index (κ1) is 31.4. The van der Waals surface area contributed by atoms with Crippen LogP contribution >= 0.6 is 11.8 Å². The molecule has 0 bridgehead atoms. The van der Waals surface area contributed by atoms with Crippen LogP contribution in [0.25, 0.3) is 0 Å². The van der Waals surface area contributed by atoms with E-state index in [-0.39, 0.29) is 31.1 Å². The van der Waals surface area contributed by atoms with Gasteiger partial charge in [-0.2, -0.15) is 11.8 Å². The van der Waals surface area contributed by atoms with Crippen molar-refractivity contribution >= 4 is 41.4 Å². The van der Waals surface area contributed by atoms with Crippen molar-refractivity contribution in [2.45, 2.75) is 63.7 Å². The summed E-state index contributed by atoms with van der Waals surface area (Å²) >= 11 is 1.42. The third kappa shape index (κ3) is 13.2. The average molecular weight is 506 g/mol. The minimum absolute atomic E-state index is 0.0125. The fourth-order valence-corrected chi connectivity index (χ4v) is 3.34. The van der Waals surface area contributed by atoms with Gasteiger partial charge in [0, 0.05) is 6.54 Å². The van der Waals surface area contributed by atoms with Crippen LogP contribution in [-0.4, -0.2) is 89.2 Å². The molecule has 3 amide bonds. The third-order valence-electron chi connectivity index (χ3n) is 4.69. The van der Waals surface area contributed by atoms with Crippen LogP contribution in [0.3, 0.4) is 0 Å². The van der Waals surface area contributed by atoms with Gasteiger partial charge in [-0.25, -0.2) is 4.79 Å². The summed E-state index contributed by atoms with van der Waals surface area (Å²) in [7, 11) is 0. The number of carbonyl (C=O) groups is 4. The summed E-state index contributed by atoms with van der Waals surface area (Å²) < 4.78 is 0. The lowest BCUT2D eigenvalue weighted by Crippen LogP contribution is -2.58. The molecule has 0 heterocycles. The first-order valence-corrected chi connectivity index (χ1v) is 12.4. The standard InChI is InChI=1S/C20H39N7O6S/c1-11(2)9-14(26-16(29)12(21)5-4-7-24-20(22)23)17(30)27-15(10-28)18(31)25-13(19(32)33)6-8-34-3/h11-15,28H,4-10,21H2,1-3H3,(H,25,31)(H,26,29)(H,27,30)(H,32,33)(H4,22,23,24). The van der Waals surface area contributed by atoms with Gasteiger partial charge in [-0.1, -0.05) is 13.8 Å². The number of aliphatic imine (C=N–C) groups is 1. The molecule has 4 atom stereocenters. The van der Waals surface area contributed by atoms with Crippen molar-refractivity contribution in [3.05, 3.63) is 0 Å². The van der Waals surface area contributed by atoms with Crippen molar-refractivity contribution in [1.29, 1.82) is 0 Å². The molecule has 0 aromatic heterocycles. The Morgan fingerprint density at radius 1 is 0.941 bits per heavy atom. The number of carbonyl (C=O) groups excluding carboxylic acids is 3. The molecule has 0 saturated carbocycles. The van der Waals surface area contributed by atoms with Crippen molar-refractivity contribution in [1.82, 2.24) is 16.0 Å². The Bertz CT molecular complexity index is 703. The summed E-state index contributed by atoms with van der Waals surface area (Å²) in [6, 6.07) is -4.45. The van der Waals surface area contributed by atoms with E-state index < -0.39 is 54.5 Å². The van der Waals surface area contributed by atoms with Gasteiger partial charge in [-0.3, -0.25) is 19.4 Å². The SMILES string of the molecule is CSCCC(NC(=O)C(CO)NC(=O)C(CC(C)C)NC(=O)C(N)CCCN=C(N)N)C(=O)O. The Kier molecular flexibility index (Phi) is 15.7. The maximum atomic E-state index is 12.8. The maximum Gasteiger partial charge on any atom is 0.326 e. The van der Waals surface area contributed by atoms with Gasteiger partial charge in [0.05, 0.1) is 12.6 Å². The molecule has 0 aliphatic carbocycles. The topological polar surface area (TPSA) is 235 Å². The fourth-order valence-electron chi connectivity index (χ4n) is 2.86. The summed E-state index contributed by atoms with van der Waals surface area (Å²) in [4.78, 5) is 52.9. The number of aliphatic carboxylic acids is 1. The van der Waals surface area contributed by atoms with Crippen molar-refractivity contribution in [3.8, 4) is 0 Å². The van der Waals surface area contributed by atoms with E-state index in [0.717, 1.165) is 0 Å². The second kappa shape index (κ2) is 16.9. The molecule has 0 rings (SSSR count). The Balaban J connectivity index is 5.12. The predicted octanol–water partition coefficient (Wildman–Crippen LogP) is -2.30. The fraction of sp³-hybridized carbons (Fsp3) is 0.750. The lowest BCUT2D eigenvalue weighted by Gasteiger charge is -2.25. The summed E-state index contributed by atoms with van der Waals surface area (Å²) in [6.07, 6.45) is 2.98. The Labute approximate surface area is 204 Å². The molecule has 0 aromatic rings. The first-order chi connectivity index (χ1) is 15.9. The lowest BCUT2D eigenvalue weighted by atomic mass is 10.0. The molecule has 14 heteroatoms. The predicted molar refractivity (Wildman–Crippen MR) is 131 cm³/mol. The van der Waals surface area contributed by atoms with Crippen LogP contribution in [0.5, 0.6) is 0 Å². The van der Waals surface area contributed by atoms with Crippen molar-refractivity contribution in [2.24, 2.45) is 28.1 Å². The highest BCUT2D eigenvalue weighted by molar-refractivity contribution is 7.98. The number of hydrogen-bond acceptors (Lipinski definition) is 8. The van der Waals surface area contributed by atoms with E-state index in [2.05, 4.69) is 20.9 Å². The molecular weight excluding hydrogens is 466 g/mol. The van der Waals surface area contributed by atoms with Gasteiger partial charge in [0.1, 0.15) is 18.1 Å². The molecule has 4 unspecified atom stereocenters. The van der Waals surface area contributed by atoms with Crippen LogP contribution in [0.2, 0.25) is 0 Å². The van der Waals surface area contributed by atoms with Crippen LogP contribution in [0.1, 0.15) is 39.5 Å². The van der Waals surface area contributed by atoms with Gasteiger partial charge < -0.3 is 43.4 Å². The van der Waals surface area contributed by atoms with Crippen LogP contribution in [-0.2, 0) is 19.2 Å². The van der Waals surface area contributed by atoms with Crippen molar-refractivity contribution in [2.75, 3.05) is 25.2 Å². The summed E-state index contributed by atoms with van der Waals surface area (Å²) in [5, 5.41) is 26.2. The number of guanidine groups is 1. The van der Waals surface area contributed by atoms with E-state index in [9.17, 15) is 29.4 Å². The van der Waals surface area contributed by atoms with E-state index in [0.29, 0.717) is 18.7 Å². The van der Waals surface area contributed by atoms with Gasteiger partial charge >= 0.3 is 5.97 Å². The highest BCUT2D eigenvalue weighted by Crippen LogP contribution is 2.07. The van der Waals surface area contributed by atoms with E-state index in [1.54, 1.807) is 6.26 Å². The van der Waals surface area contributed by atoms with Crippen LogP contribution in [0, 0.1) is 5.92 Å². The number of thioether (sulfide) groups is 1. The Hall–Kier alpha value is -2.58. The molecular formula is C20H39N7O6S. The molecule has 0 saturated heterocycles. The zero-order chi connectivity index (χ0) is 26.3. The average Bonchev–Trinajstić information content (AvgIpc) is 2.75. The van der Waals surface area contributed by atoms with Crippen LogP contribution < -0.4 is 33.2 Å². The van der Waals surface area contributed by atoms with Gasteiger partial charge in [-0.05, 0) is 43.6 Å². The second-order valence-corrected chi connectivity index (χ2v) is 9.16. The number of rotatable bonds is 17. The number of carboxylic acid groups (broad SMARTS) is 1. The molecule has 13 nitrogen and oxygen atoms in total. The van der Waals surface area contributed by atoms with E-state index in [1.807, 2.05) is 13.8 Å². The largest absolute Gasteiger partial charge is 0.480 e. The second-order valence-electron chi connectivity index (χ2n) is 8.17. The minimum atomic E-state index is -1.39. The van der Waals surface area contributed by atoms with E-state index in [4.69, 9.17) is 17.2 Å². The van der Waals surface area contributed by atoms with Crippen LogP contribution in [0.4, 0.5) is 0 Å². The number of hydrogen-bond donors (Lipinski definition) is 8. The number of amides is 3. The van der Waals surface area contributed by atoms with Gasteiger partial charge in [0.15, 0.2) is 5.96 Å². The number of nitrogens with zero attached hydrogens (tertiary/aromatic N) is 1. The smallest absolute Gasteiger partial charge is 0.326 e. The maximum absolute atomic E-state index is 12.8. The molecule has 0 radical (unpaired) electrons. The number of nitrogens with two attached hydrogens (primary N) is 3. The monoisotopic (exact) mass is 505 g/mol. The highest BCUT2D eigenvalue weighted by Gasteiger charge is 2.30. The summed E-state index contributed by atoms with van der Waals surface area (Å²) in [6.45, 7) is 3.25. The molecule has 0 aliphatic rings. The molecule has 0 aliphatic heterocycles. The molecule has 0 spiro atoms. The van der Waals surface area contributed by atoms with Crippen LogP contribution in [0.15, 0.2) is 4.99 Å². The zero-order valence-electron chi connectivity index (χ0n) is 20.0. The Morgan fingerprint density at radius 3 is 2.00 bits per heavy atom. The molecule has 11 N–H and O–H groups in total. The highest BCUT2D eigenvalue weighted by atomic mass is 32.2. The van der Waals surface area contributed by atoms with Gasteiger partial charge in [0.25, 0.3) is 0 Å². The molecule has 0 aromatic carbocycles. The molecule has 196 valence electrons. The number of carboxylic acids is 1. The van der Waals surface area contributed by atoms with Crippen molar-refractivity contribution in [3.63, 3.8) is 0 Å². The Morgan fingerprint density at radius 2 is 1.50 bits per heavy atom. The summed E-state index contributed by atoms with van der Waals surface area (Å²) in [5.41, 5.74) is 16.4. The van der Waals surface area contributed by atoms with Crippen molar-refractivity contribution < 1.29 is 29.4 Å². The van der Waals surface area contributed by atoms with Gasteiger partial charge in [-0.15, -0.1) is 0 Å². The third-order valence-corrected chi connectivity index (χ3v) is 5.33. The molecule has 34 heavy (non-hydrogen) atoms. The summed E-state index contributed by atoms with van der Waals surface area (Å²) in [5.74, 6) is -2.85. The number of nitrogens with one attached hydrogen (secondary N) is 3.